The molecule has 0 aliphatic carbocycles. The Balaban J connectivity index is 1.67. The molecule has 0 aliphatic heterocycles. The monoisotopic (exact) mass is 438 g/mol. The van der Waals surface area contributed by atoms with Crippen LogP contribution in [0.3, 0.4) is 0 Å². The molecule has 0 atom stereocenters. The summed E-state index contributed by atoms with van der Waals surface area (Å²) in [6.07, 6.45) is 8.30. The molecule has 0 saturated carbocycles. The Morgan fingerprint density at radius 2 is 0.970 bits per heavy atom. The summed E-state index contributed by atoms with van der Waals surface area (Å²) < 4.78 is 6.90. The van der Waals surface area contributed by atoms with E-state index in [2.05, 4.69) is 111 Å². The second kappa shape index (κ2) is 8.30. The van der Waals surface area contributed by atoms with E-state index in [9.17, 15) is 0 Å². The van der Waals surface area contributed by atoms with Gasteiger partial charge in [0.15, 0.2) is 0 Å². The number of hydrogen-bond acceptors (Lipinski definition) is 1. The summed E-state index contributed by atoms with van der Waals surface area (Å²) in [6, 6.07) is 21.6. The zero-order chi connectivity index (χ0) is 23.1. The molecule has 0 amide bonds. The smallest absolute Gasteiger partial charge is 0.114 e. The lowest BCUT2D eigenvalue weighted by Gasteiger charge is -2.32. The molecule has 0 spiro atoms. The first-order chi connectivity index (χ1) is 16.1. The Morgan fingerprint density at radius 3 is 1.36 bits per heavy atom. The lowest BCUT2D eigenvalue weighted by molar-refractivity contribution is 0.306. The molecule has 0 fully saturated rings. The van der Waals surface area contributed by atoms with Gasteiger partial charge in [-0.3, -0.25) is 0 Å². The summed E-state index contributed by atoms with van der Waals surface area (Å²) >= 11 is 0. The minimum absolute atomic E-state index is 0.161. The fourth-order valence-corrected chi connectivity index (χ4v) is 6.01. The van der Waals surface area contributed by atoms with Gasteiger partial charge >= 0.3 is 0 Å². The highest BCUT2D eigenvalue weighted by Crippen LogP contribution is 2.47. The van der Waals surface area contributed by atoms with Crippen molar-refractivity contribution in [3.8, 4) is 0 Å². The van der Waals surface area contributed by atoms with Gasteiger partial charge < -0.3 is 14.4 Å². The molecule has 5 rings (SSSR count). The fraction of sp³-hybridized carbons (Fsp3) is 0.333. The predicted molar refractivity (Wildman–Crippen MR) is 138 cm³/mol. The molecule has 2 N–H and O–H groups in total. The number of aromatic amines is 2. The van der Waals surface area contributed by atoms with Crippen LogP contribution in [0.25, 0.3) is 21.8 Å². The van der Waals surface area contributed by atoms with Crippen molar-refractivity contribution < 1.29 is 4.42 Å². The SMILES string of the molecule is CCC(CC)(c1ccc(C(CC)(CC)c2c[nH]c3ccccc23)o1)c1c[nH]c2ccccc12. The first-order valence-electron chi connectivity index (χ1n) is 12.4. The molecule has 3 aromatic heterocycles. The molecular formula is C30H34N2O. The average Bonchev–Trinajstić information content (AvgIpc) is 3.62. The van der Waals surface area contributed by atoms with Gasteiger partial charge in [0.2, 0.25) is 0 Å². The lowest BCUT2D eigenvalue weighted by Crippen LogP contribution is -2.27. The first kappa shape index (κ1) is 21.6. The molecule has 0 bridgehead atoms. The lowest BCUT2D eigenvalue weighted by atomic mass is 9.73. The van der Waals surface area contributed by atoms with E-state index in [-0.39, 0.29) is 10.8 Å². The molecule has 0 unspecified atom stereocenters. The molecule has 2 aromatic carbocycles. The number of benzene rings is 2. The van der Waals surface area contributed by atoms with Crippen LogP contribution in [0.2, 0.25) is 0 Å². The van der Waals surface area contributed by atoms with Crippen molar-refractivity contribution in [2.24, 2.45) is 0 Å². The largest absolute Gasteiger partial charge is 0.464 e. The number of para-hydroxylation sites is 2. The Bertz CT molecular complexity index is 1270. The highest BCUT2D eigenvalue weighted by Gasteiger charge is 2.40. The summed E-state index contributed by atoms with van der Waals surface area (Å²) in [5, 5.41) is 2.57. The molecule has 170 valence electrons. The van der Waals surface area contributed by atoms with E-state index >= 15 is 0 Å². The minimum atomic E-state index is -0.161. The molecule has 3 nitrogen and oxygen atoms in total. The van der Waals surface area contributed by atoms with Crippen molar-refractivity contribution in [2.45, 2.75) is 64.2 Å². The zero-order valence-electron chi connectivity index (χ0n) is 20.2. The zero-order valence-corrected chi connectivity index (χ0v) is 20.2. The van der Waals surface area contributed by atoms with Crippen molar-refractivity contribution in [1.82, 2.24) is 9.97 Å². The van der Waals surface area contributed by atoms with Gasteiger partial charge in [0, 0.05) is 34.2 Å². The number of hydrogen-bond donors (Lipinski definition) is 2. The Morgan fingerprint density at radius 1 is 0.576 bits per heavy atom. The van der Waals surface area contributed by atoms with Crippen molar-refractivity contribution in [2.75, 3.05) is 0 Å². The van der Waals surface area contributed by atoms with Crippen molar-refractivity contribution >= 4 is 21.8 Å². The van der Waals surface area contributed by atoms with E-state index in [1.165, 1.54) is 32.9 Å². The quantitative estimate of drug-likeness (QED) is 0.251. The van der Waals surface area contributed by atoms with E-state index < -0.39 is 0 Å². The van der Waals surface area contributed by atoms with Crippen LogP contribution < -0.4 is 0 Å². The van der Waals surface area contributed by atoms with Gasteiger partial charge in [-0.05, 0) is 61.1 Å². The van der Waals surface area contributed by atoms with E-state index in [1.807, 2.05) is 0 Å². The van der Waals surface area contributed by atoms with E-state index in [4.69, 9.17) is 4.42 Å². The summed E-state index contributed by atoms with van der Waals surface area (Å²) in [5.74, 6) is 2.14. The maximum absolute atomic E-state index is 6.90. The number of rotatable bonds is 8. The molecule has 0 radical (unpaired) electrons. The van der Waals surface area contributed by atoms with Crippen LogP contribution in [-0.2, 0) is 10.8 Å². The molecule has 3 heterocycles. The van der Waals surface area contributed by atoms with Crippen molar-refractivity contribution in [3.05, 3.63) is 95.7 Å². The van der Waals surface area contributed by atoms with Crippen molar-refractivity contribution in [1.29, 1.82) is 0 Å². The molecule has 3 heteroatoms. The van der Waals surface area contributed by atoms with Gasteiger partial charge in [-0.1, -0.05) is 64.1 Å². The predicted octanol–water partition coefficient (Wildman–Crippen LogP) is 8.45. The normalized spacial score (nSPS) is 12.7. The second-order valence-electron chi connectivity index (χ2n) is 9.24. The standard InChI is InChI=1S/C30H34N2O/c1-5-29(6-2,23-19-31-25-15-11-9-13-21(23)25)27-17-18-28(33-27)30(7-3,8-4)24-20-32-26-16-12-10-14-22(24)26/h9-20,31-32H,5-8H2,1-4H3. The first-order valence-corrected chi connectivity index (χ1v) is 12.4. The molecule has 33 heavy (non-hydrogen) atoms. The van der Waals surface area contributed by atoms with Crippen LogP contribution in [-0.4, -0.2) is 9.97 Å². The maximum Gasteiger partial charge on any atom is 0.114 e. The van der Waals surface area contributed by atoms with Crippen LogP contribution in [0.1, 0.15) is 76.0 Å². The number of fused-ring (bicyclic) bond motifs is 2. The summed E-state index contributed by atoms with van der Waals surface area (Å²) in [7, 11) is 0. The van der Waals surface area contributed by atoms with Crippen LogP contribution in [0.15, 0.2) is 77.5 Å². The van der Waals surface area contributed by atoms with Gasteiger partial charge in [-0.25, -0.2) is 0 Å². The van der Waals surface area contributed by atoms with Gasteiger partial charge in [-0.2, -0.15) is 0 Å². The van der Waals surface area contributed by atoms with Gasteiger partial charge in [0.05, 0.1) is 10.8 Å². The third-order valence-corrected chi connectivity index (χ3v) is 8.17. The van der Waals surface area contributed by atoms with E-state index in [0.717, 1.165) is 37.2 Å². The molecule has 0 aliphatic rings. The Kier molecular flexibility index (Phi) is 5.44. The average molecular weight is 439 g/mol. The van der Waals surface area contributed by atoms with Crippen LogP contribution in [0, 0.1) is 0 Å². The molecular weight excluding hydrogens is 404 g/mol. The van der Waals surface area contributed by atoms with Gasteiger partial charge in [0.1, 0.15) is 11.5 Å². The number of H-pyrrole nitrogens is 2. The number of furan rings is 1. The van der Waals surface area contributed by atoms with E-state index in [1.54, 1.807) is 0 Å². The minimum Gasteiger partial charge on any atom is -0.464 e. The van der Waals surface area contributed by atoms with E-state index in [0.29, 0.717) is 0 Å². The highest BCUT2D eigenvalue weighted by molar-refractivity contribution is 5.85. The van der Waals surface area contributed by atoms with Crippen LogP contribution >= 0.6 is 0 Å². The Labute approximate surface area is 196 Å². The van der Waals surface area contributed by atoms with Crippen molar-refractivity contribution in [3.63, 3.8) is 0 Å². The highest BCUT2D eigenvalue weighted by atomic mass is 16.3. The van der Waals surface area contributed by atoms with Crippen LogP contribution in [0.5, 0.6) is 0 Å². The second-order valence-corrected chi connectivity index (χ2v) is 9.24. The topological polar surface area (TPSA) is 44.7 Å². The summed E-state index contributed by atoms with van der Waals surface area (Å²) in [5.41, 5.74) is 4.70. The third-order valence-electron chi connectivity index (χ3n) is 8.17. The molecule has 5 aromatic rings. The van der Waals surface area contributed by atoms with Gasteiger partial charge in [0.25, 0.3) is 0 Å². The Hall–Kier alpha value is -3.20. The third kappa shape index (κ3) is 3.09. The fourth-order valence-electron chi connectivity index (χ4n) is 6.01. The van der Waals surface area contributed by atoms with Gasteiger partial charge in [-0.15, -0.1) is 0 Å². The summed E-state index contributed by atoms with van der Waals surface area (Å²) in [4.78, 5) is 6.98. The maximum atomic E-state index is 6.90. The number of nitrogens with one attached hydrogen (secondary N) is 2. The number of aromatic nitrogens is 2. The summed E-state index contributed by atoms with van der Waals surface area (Å²) in [6.45, 7) is 9.11. The molecule has 0 saturated heterocycles. The van der Waals surface area contributed by atoms with Crippen LogP contribution in [0.4, 0.5) is 0 Å².